The lowest BCUT2D eigenvalue weighted by Gasteiger charge is -2.25. The van der Waals surface area contributed by atoms with Crippen LogP contribution in [0.3, 0.4) is 0 Å². The van der Waals surface area contributed by atoms with Crippen LogP contribution in [0, 0.1) is 0 Å². The molecule has 1 atom stereocenters. The highest BCUT2D eigenvalue weighted by Crippen LogP contribution is 2.35. The molecule has 2 heterocycles. The van der Waals surface area contributed by atoms with E-state index in [0.29, 0.717) is 37.4 Å². The van der Waals surface area contributed by atoms with Crippen molar-refractivity contribution in [3.63, 3.8) is 0 Å². The zero-order chi connectivity index (χ0) is 26.0. The van der Waals surface area contributed by atoms with Crippen molar-refractivity contribution in [1.29, 1.82) is 0 Å². The fourth-order valence-corrected chi connectivity index (χ4v) is 6.11. The van der Waals surface area contributed by atoms with Gasteiger partial charge < -0.3 is 14.2 Å². The minimum atomic E-state index is -0.697. The first-order valence-corrected chi connectivity index (χ1v) is 13.6. The van der Waals surface area contributed by atoms with Gasteiger partial charge in [-0.3, -0.25) is 9.36 Å². The molecule has 0 unspecified atom stereocenters. The second kappa shape index (κ2) is 11.1. The van der Waals surface area contributed by atoms with E-state index in [0.717, 1.165) is 21.3 Å². The number of thiazole rings is 1. The molecule has 0 bridgehead atoms. The number of esters is 1. The molecule has 4 rings (SSSR count). The second-order valence-corrected chi connectivity index (χ2v) is 10.5. The fraction of sp³-hybridized carbons (Fsp3) is 0.269. The monoisotopic (exact) mass is 634 g/mol. The Balaban J connectivity index is 1.91. The highest BCUT2D eigenvalue weighted by molar-refractivity contribution is 9.10. The third kappa shape index (κ3) is 5.07. The molecule has 1 aliphatic rings. The van der Waals surface area contributed by atoms with E-state index >= 15 is 0 Å². The van der Waals surface area contributed by atoms with Gasteiger partial charge in [0.2, 0.25) is 0 Å². The van der Waals surface area contributed by atoms with E-state index in [-0.39, 0.29) is 12.2 Å². The van der Waals surface area contributed by atoms with Crippen LogP contribution >= 0.6 is 43.2 Å². The van der Waals surface area contributed by atoms with Crippen molar-refractivity contribution in [2.75, 3.05) is 20.3 Å². The van der Waals surface area contributed by atoms with E-state index in [4.69, 9.17) is 14.2 Å². The maximum atomic E-state index is 13.7. The summed E-state index contributed by atoms with van der Waals surface area (Å²) in [6.07, 6.45) is 1.81. The van der Waals surface area contributed by atoms with E-state index in [1.165, 1.54) is 11.3 Å². The fourth-order valence-electron chi connectivity index (χ4n) is 3.99. The molecule has 3 aromatic rings. The number of carbonyl (C=O) groups is 1. The SMILES string of the molecule is CCOC(=O)C1=C(C)N=c2s/c(=C/c3ccc(OCC)c(Br)c3)c(=O)n2[C@@H]1c1ccc(OC)c(Br)c1. The van der Waals surface area contributed by atoms with Crippen molar-refractivity contribution in [3.05, 3.63) is 87.4 Å². The molecule has 2 aromatic carbocycles. The number of aromatic nitrogens is 1. The van der Waals surface area contributed by atoms with Gasteiger partial charge in [-0.2, -0.15) is 0 Å². The number of carbonyl (C=O) groups excluding carboxylic acids is 1. The Bertz CT molecular complexity index is 1540. The molecule has 1 aromatic heterocycles. The molecule has 7 nitrogen and oxygen atoms in total. The third-order valence-corrected chi connectivity index (χ3v) is 7.78. The maximum absolute atomic E-state index is 13.7. The number of fused-ring (bicyclic) bond motifs is 1. The van der Waals surface area contributed by atoms with Crippen LogP contribution in [-0.2, 0) is 9.53 Å². The molecular formula is C26H24Br2N2O5S. The van der Waals surface area contributed by atoms with Gasteiger partial charge in [0.15, 0.2) is 4.80 Å². The standard InChI is InChI=1S/C26H24Br2N2O5S/c1-5-34-20-9-7-15(11-17(20)27)12-21-24(31)30-23(16-8-10-19(33-4)18(28)13-16)22(25(32)35-6-2)14(3)29-26(30)36-21/h7-13,23H,5-6H2,1-4H3/b21-12+/t23-/m1/s1. The van der Waals surface area contributed by atoms with Crippen LogP contribution in [0.15, 0.2) is 66.4 Å². The van der Waals surface area contributed by atoms with Crippen LogP contribution in [-0.4, -0.2) is 30.9 Å². The van der Waals surface area contributed by atoms with Gasteiger partial charge in [0.05, 0.1) is 51.1 Å². The summed E-state index contributed by atoms with van der Waals surface area (Å²) in [6.45, 7) is 6.20. The first kappa shape index (κ1) is 26.4. The highest BCUT2D eigenvalue weighted by atomic mass is 79.9. The number of nitrogens with zero attached hydrogens (tertiary/aromatic N) is 2. The molecule has 36 heavy (non-hydrogen) atoms. The summed E-state index contributed by atoms with van der Waals surface area (Å²) in [6, 6.07) is 10.4. The Morgan fingerprint density at radius 1 is 1.11 bits per heavy atom. The van der Waals surface area contributed by atoms with Crippen molar-refractivity contribution in [3.8, 4) is 11.5 Å². The number of allylic oxidation sites excluding steroid dienone is 1. The van der Waals surface area contributed by atoms with Crippen molar-refractivity contribution < 1.29 is 19.0 Å². The number of rotatable bonds is 7. The van der Waals surface area contributed by atoms with Crippen LogP contribution in [0.25, 0.3) is 6.08 Å². The lowest BCUT2D eigenvalue weighted by atomic mass is 9.96. The lowest BCUT2D eigenvalue weighted by molar-refractivity contribution is -0.139. The number of benzene rings is 2. The minimum absolute atomic E-state index is 0.214. The van der Waals surface area contributed by atoms with Gasteiger partial charge in [-0.25, -0.2) is 9.79 Å². The first-order chi connectivity index (χ1) is 17.3. The van der Waals surface area contributed by atoms with Gasteiger partial charge >= 0.3 is 5.97 Å². The van der Waals surface area contributed by atoms with Gasteiger partial charge in [0.1, 0.15) is 11.5 Å². The number of hydrogen-bond donors (Lipinski definition) is 0. The number of halogens is 2. The lowest BCUT2D eigenvalue weighted by Crippen LogP contribution is -2.39. The summed E-state index contributed by atoms with van der Waals surface area (Å²) in [5.41, 5.74) is 2.17. The van der Waals surface area contributed by atoms with Crippen LogP contribution in [0.1, 0.15) is 37.9 Å². The highest BCUT2D eigenvalue weighted by Gasteiger charge is 2.33. The quantitative estimate of drug-likeness (QED) is 0.351. The van der Waals surface area contributed by atoms with Gasteiger partial charge in [0, 0.05) is 0 Å². The number of methoxy groups -OCH3 is 1. The molecule has 10 heteroatoms. The topological polar surface area (TPSA) is 79.1 Å². The van der Waals surface area contributed by atoms with Gasteiger partial charge in [-0.1, -0.05) is 23.5 Å². The zero-order valence-corrected chi connectivity index (χ0v) is 24.1. The average Bonchev–Trinajstić information content (AvgIpc) is 3.14. The van der Waals surface area contributed by atoms with Crippen molar-refractivity contribution in [2.45, 2.75) is 26.8 Å². The first-order valence-electron chi connectivity index (χ1n) is 11.2. The minimum Gasteiger partial charge on any atom is -0.496 e. The Hall–Kier alpha value is -2.69. The Morgan fingerprint density at radius 3 is 2.47 bits per heavy atom. The summed E-state index contributed by atoms with van der Waals surface area (Å²) >= 11 is 8.33. The predicted molar refractivity (Wildman–Crippen MR) is 146 cm³/mol. The average molecular weight is 636 g/mol. The van der Waals surface area contributed by atoms with E-state index in [2.05, 4.69) is 36.9 Å². The summed E-state index contributed by atoms with van der Waals surface area (Å²) in [4.78, 5) is 31.9. The van der Waals surface area contributed by atoms with Gasteiger partial charge in [-0.05, 0) is 94.1 Å². The summed E-state index contributed by atoms with van der Waals surface area (Å²) in [5.74, 6) is 0.877. The Labute approximate surface area is 229 Å². The van der Waals surface area contributed by atoms with Crippen LogP contribution in [0.2, 0.25) is 0 Å². The largest absolute Gasteiger partial charge is 0.496 e. The normalized spacial score (nSPS) is 15.4. The van der Waals surface area contributed by atoms with Crippen LogP contribution < -0.4 is 24.4 Å². The maximum Gasteiger partial charge on any atom is 0.338 e. The molecule has 188 valence electrons. The molecule has 0 aliphatic carbocycles. The van der Waals surface area contributed by atoms with Crippen molar-refractivity contribution in [1.82, 2.24) is 4.57 Å². The Morgan fingerprint density at radius 2 is 1.83 bits per heavy atom. The molecular weight excluding hydrogens is 612 g/mol. The van der Waals surface area contributed by atoms with Crippen LogP contribution in [0.5, 0.6) is 11.5 Å². The van der Waals surface area contributed by atoms with Gasteiger partial charge in [-0.15, -0.1) is 0 Å². The second-order valence-electron chi connectivity index (χ2n) is 7.82. The molecule has 0 spiro atoms. The van der Waals surface area contributed by atoms with Crippen molar-refractivity contribution in [2.24, 2.45) is 4.99 Å². The number of hydrogen-bond acceptors (Lipinski definition) is 7. The molecule has 1 aliphatic heterocycles. The number of ether oxygens (including phenoxy) is 3. The van der Waals surface area contributed by atoms with Gasteiger partial charge in [0.25, 0.3) is 5.56 Å². The zero-order valence-electron chi connectivity index (χ0n) is 20.1. The van der Waals surface area contributed by atoms with E-state index in [9.17, 15) is 9.59 Å². The molecule has 0 amide bonds. The summed E-state index contributed by atoms with van der Waals surface area (Å²) < 4.78 is 19.9. The molecule has 0 fully saturated rings. The Kier molecular flexibility index (Phi) is 8.17. The van der Waals surface area contributed by atoms with E-state index in [1.54, 1.807) is 31.6 Å². The molecule has 0 radical (unpaired) electrons. The summed E-state index contributed by atoms with van der Waals surface area (Å²) in [7, 11) is 1.58. The smallest absolute Gasteiger partial charge is 0.338 e. The molecule has 0 saturated carbocycles. The van der Waals surface area contributed by atoms with E-state index < -0.39 is 12.0 Å². The summed E-state index contributed by atoms with van der Waals surface area (Å²) in [5, 5.41) is 0. The third-order valence-electron chi connectivity index (χ3n) is 5.56. The predicted octanol–water partition coefficient (Wildman–Crippen LogP) is 4.73. The molecule has 0 N–H and O–H groups in total. The molecule has 0 saturated heterocycles. The van der Waals surface area contributed by atoms with Crippen LogP contribution in [0.4, 0.5) is 0 Å². The van der Waals surface area contributed by atoms with E-state index in [1.807, 2.05) is 43.3 Å². The van der Waals surface area contributed by atoms with Crippen molar-refractivity contribution >= 4 is 55.2 Å².